The van der Waals surface area contributed by atoms with Gasteiger partial charge in [0.15, 0.2) is 5.96 Å². The van der Waals surface area contributed by atoms with Gasteiger partial charge in [-0.05, 0) is 37.1 Å². The van der Waals surface area contributed by atoms with Crippen LogP contribution >= 0.6 is 0 Å². The maximum atomic E-state index is 5.86. The van der Waals surface area contributed by atoms with Crippen molar-refractivity contribution in [1.29, 1.82) is 0 Å². The molecule has 3 N–H and O–H groups in total. The van der Waals surface area contributed by atoms with Crippen molar-refractivity contribution >= 4 is 11.6 Å². The van der Waals surface area contributed by atoms with Gasteiger partial charge in [0.05, 0.1) is 20.3 Å². The average molecular weight is 275 g/mol. The molecule has 1 heterocycles. The Morgan fingerprint density at radius 3 is 2.85 bits per heavy atom. The van der Waals surface area contributed by atoms with Gasteiger partial charge in [-0.25, -0.2) is 0 Å². The minimum absolute atomic E-state index is 0.433. The molecule has 1 aliphatic rings. The number of methoxy groups -OCH3 is 1. The summed E-state index contributed by atoms with van der Waals surface area (Å²) in [7, 11) is 1.64. The van der Waals surface area contributed by atoms with Crippen LogP contribution in [-0.4, -0.2) is 32.8 Å². The summed E-state index contributed by atoms with van der Waals surface area (Å²) >= 11 is 0. The number of hydrogen-bond donors (Lipinski definition) is 2. The molecule has 0 radical (unpaired) electrons. The summed E-state index contributed by atoms with van der Waals surface area (Å²) in [6.07, 6.45) is 4.07. The van der Waals surface area contributed by atoms with E-state index in [0.29, 0.717) is 12.5 Å². The van der Waals surface area contributed by atoms with Crippen LogP contribution in [0.3, 0.4) is 0 Å². The molecule has 0 saturated heterocycles. The van der Waals surface area contributed by atoms with Crippen molar-refractivity contribution in [1.82, 2.24) is 0 Å². The third-order valence-electron chi connectivity index (χ3n) is 3.13. The van der Waals surface area contributed by atoms with Crippen LogP contribution in [0, 0.1) is 0 Å². The summed E-state index contributed by atoms with van der Waals surface area (Å²) in [5.74, 6) is 1.25. The Kier molecular flexibility index (Phi) is 5.43. The van der Waals surface area contributed by atoms with E-state index < -0.39 is 0 Å². The van der Waals surface area contributed by atoms with E-state index in [0.717, 1.165) is 37.5 Å². The van der Waals surface area contributed by atoms with Gasteiger partial charge in [-0.2, -0.15) is 0 Å². The van der Waals surface area contributed by atoms with Crippen molar-refractivity contribution in [3.63, 3.8) is 0 Å². The number of guanidine groups is 1. The molecule has 0 unspecified atom stereocenters. The molecule has 0 spiro atoms. The van der Waals surface area contributed by atoms with Gasteiger partial charge >= 0.3 is 0 Å². The van der Waals surface area contributed by atoms with Crippen LogP contribution in [0.2, 0.25) is 0 Å². The number of ether oxygens (including phenoxy) is 2. The van der Waals surface area contributed by atoms with Crippen molar-refractivity contribution < 1.29 is 9.47 Å². The monoisotopic (exact) mass is 275 g/mol. The standard InChI is InChI=1S/C15H21N3O2/c1-19-14-4-2-13(3-5-14)18-15(16)17-9-6-12-7-10-20-11-8-12/h2-5,7H,6,8-11H2,1H3,(H3,16,17,18). The highest BCUT2D eigenvalue weighted by Crippen LogP contribution is 2.15. The molecule has 108 valence electrons. The molecule has 2 rings (SSSR count). The molecule has 0 aliphatic carbocycles. The van der Waals surface area contributed by atoms with Crippen molar-refractivity contribution in [2.75, 3.05) is 32.2 Å². The van der Waals surface area contributed by atoms with Crippen LogP contribution in [-0.2, 0) is 4.74 Å². The second-order valence-electron chi connectivity index (χ2n) is 4.56. The molecule has 0 saturated carbocycles. The number of benzene rings is 1. The number of nitrogens with zero attached hydrogens (tertiary/aromatic N) is 1. The van der Waals surface area contributed by atoms with E-state index in [1.165, 1.54) is 5.57 Å². The van der Waals surface area contributed by atoms with Crippen molar-refractivity contribution in [3.8, 4) is 5.75 Å². The Labute approximate surface area is 119 Å². The van der Waals surface area contributed by atoms with Crippen molar-refractivity contribution in [3.05, 3.63) is 35.9 Å². The normalized spacial score (nSPS) is 15.7. The molecule has 5 heteroatoms. The largest absolute Gasteiger partial charge is 0.497 e. The van der Waals surface area contributed by atoms with E-state index in [9.17, 15) is 0 Å². The predicted octanol–water partition coefficient (Wildman–Crippen LogP) is 2.16. The van der Waals surface area contributed by atoms with Crippen LogP contribution in [0.1, 0.15) is 12.8 Å². The van der Waals surface area contributed by atoms with Gasteiger partial charge in [-0.3, -0.25) is 4.99 Å². The second-order valence-corrected chi connectivity index (χ2v) is 4.56. The number of nitrogens with one attached hydrogen (secondary N) is 1. The lowest BCUT2D eigenvalue weighted by atomic mass is 10.1. The summed E-state index contributed by atoms with van der Waals surface area (Å²) in [6, 6.07) is 7.56. The zero-order valence-corrected chi connectivity index (χ0v) is 11.8. The maximum absolute atomic E-state index is 5.86. The maximum Gasteiger partial charge on any atom is 0.193 e. The summed E-state index contributed by atoms with van der Waals surface area (Å²) in [4.78, 5) is 4.33. The van der Waals surface area contributed by atoms with Gasteiger partial charge in [0.2, 0.25) is 0 Å². The van der Waals surface area contributed by atoms with Gasteiger partial charge in [0, 0.05) is 12.2 Å². The van der Waals surface area contributed by atoms with Crippen LogP contribution in [0.5, 0.6) is 5.75 Å². The fourth-order valence-corrected chi connectivity index (χ4v) is 1.97. The molecule has 0 fully saturated rings. The minimum atomic E-state index is 0.433. The highest BCUT2D eigenvalue weighted by molar-refractivity contribution is 5.92. The van der Waals surface area contributed by atoms with E-state index in [-0.39, 0.29) is 0 Å². The lowest BCUT2D eigenvalue weighted by Crippen LogP contribution is -2.22. The first kappa shape index (κ1) is 14.4. The Balaban J connectivity index is 1.79. The SMILES string of the molecule is COc1ccc(NC(N)=NCCC2=CCOCC2)cc1. The zero-order chi connectivity index (χ0) is 14.2. The first-order valence-corrected chi connectivity index (χ1v) is 6.74. The molecule has 1 aromatic rings. The number of hydrogen-bond acceptors (Lipinski definition) is 3. The van der Waals surface area contributed by atoms with E-state index in [1.54, 1.807) is 7.11 Å². The predicted molar refractivity (Wildman–Crippen MR) is 81.2 cm³/mol. The quantitative estimate of drug-likeness (QED) is 0.491. The third kappa shape index (κ3) is 4.59. The minimum Gasteiger partial charge on any atom is -0.497 e. The van der Waals surface area contributed by atoms with Gasteiger partial charge < -0.3 is 20.5 Å². The molecule has 0 aromatic heterocycles. The van der Waals surface area contributed by atoms with Gasteiger partial charge in [-0.1, -0.05) is 11.6 Å². The number of rotatable bonds is 5. The summed E-state index contributed by atoms with van der Waals surface area (Å²) < 4.78 is 10.4. The fourth-order valence-electron chi connectivity index (χ4n) is 1.97. The number of nitrogens with two attached hydrogens (primary N) is 1. The lowest BCUT2D eigenvalue weighted by Gasteiger charge is -2.12. The summed E-state index contributed by atoms with van der Waals surface area (Å²) in [5.41, 5.74) is 8.16. The molecular weight excluding hydrogens is 254 g/mol. The third-order valence-corrected chi connectivity index (χ3v) is 3.13. The van der Waals surface area contributed by atoms with E-state index >= 15 is 0 Å². The summed E-state index contributed by atoms with van der Waals surface area (Å²) in [6.45, 7) is 2.23. The highest BCUT2D eigenvalue weighted by atomic mass is 16.5. The van der Waals surface area contributed by atoms with E-state index in [1.807, 2.05) is 24.3 Å². The Hall–Kier alpha value is -2.01. The molecule has 0 bridgehead atoms. The fraction of sp³-hybridized carbons (Fsp3) is 0.400. The molecule has 1 aliphatic heterocycles. The number of aliphatic imine (C=N–C) groups is 1. The number of anilines is 1. The van der Waals surface area contributed by atoms with Gasteiger partial charge in [0.1, 0.15) is 5.75 Å². The zero-order valence-electron chi connectivity index (χ0n) is 11.8. The van der Waals surface area contributed by atoms with Crippen LogP contribution in [0.25, 0.3) is 0 Å². The van der Waals surface area contributed by atoms with E-state index in [2.05, 4.69) is 16.4 Å². The van der Waals surface area contributed by atoms with Crippen LogP contribution in [0.4, 0.5) is 5.69 Å². The van der Waals surface area contributed by atoms with Crippen LogP contribution < -0.4 is 15.8 Å². The molecule has 1 aromatic carbocycles. The Morgan fingerprint density at radius 2 is 2.20 bits per heavy atom. The van der Waals surface area contributed by atoms with Crippen molar-refractivity contribution in [2.45, 2.75) is 12.8 Å². The molecule has 5 nitrogen and oxygen atoms in total. The first-order valence-electron chi connectivity index (χ1n) is 6.74. The lowest BCUT2D eigenvalue weighted by molar-refractivity contribution is 0.153. The first-order chi connectivity index (χ1) is 9.78. The molecule has 0 amide bonds. The molecule has 20 heavy (non-hydrogen) atoms. The van der Waals surface area contributed by atoms with Crippen molar-refractivity contribution in [2.24, 2.45) is 10.7 Å². The summed E-state index contributed by atoms with van der Waals surface area (Å²) in [5, 5.41) is 3.06. The second kappa shape index (κ2) is 7.55. The smallest absolute Gasteiger partial charge is 0.193 e. The topological polar surface area (TPSA) is 68.9 Å². The molecule has 0 atom stereocenters. The Bertz CT molecular complexity index is 480. The highest BCUT2D eigenvalue weighted by Gasteiger charge is 2.03. The van der Waals surface area contributed by atoms with Gasteiger partial charge in [-0.15, -0.1) is 0 Å². The van der Waals surface area contributed by atoms with Crippen LogP contribution in [0.15, 0.2) is 40.9 Å². The van der Waals surface area contributed by atoms with Gasteiger partial charge in [0.25, 0.3) is 0 Å². The average Bonchev–Trinajstić information content (AvgIpc) is 2.49. The Morgan fingerprint density at radius 1 is 1.40 bits per heavy atom. The van der Waals surface area contributed by atoms with E-state index in [4.69, 9.17) is 15.2 Å². The molecular formula is C15H21N3O2.